The molecule has 140 valence electrons. The van der Waals surface area contributed by atoms with Crippen LogP contribution < -0.4 is 5.32 Å². The number of benzene rings is 1. The Bertz CT molecular complexity index is 748. The lowest BCUT2D eigenvalue weighted by molar-refractivity contribution is -0.185. The van der Waals surface area contributed by atoms with Crippen LogP contribution in [0.3, 0.4) is 0 Å². The van der Waals surface area contributed by atoms with Gasteiger partial charge in [-0.05, 0) is 49.4 Å². The second-order valence-electron chi connectivity index (χ2n) is 7.39. The van der Waals surface area contributed by atoms with Crippen LogP contribution in [-0.4, -0.2) is 48.6 Å². The standard InChI is InChI=1S/C18H19BrF2N2O3/c19-10-1-2-13-14(5-10)18(3-4-18)9-23(16(13)25)8-15(24)22-11-6-12(7-11)26-17(20)21/h1-2,5,11-12,17H,3-4,6-9H2,(H,22,24)/t11-,12-. The Hall–Kier alpha value is -1.54. The average Bonchev–Trinajstić information content (AvgIpc) is 3.30. The van der Waals surface area contributed by atoms with E-state index in [1.165, 1.54) is 0 Å². The third kappa shape index (κ3) is 3.36. The maximum absolute atomic E-state index is 12.7. The number of halogens is 3. The van der Waals surface area contributed by atoms with E-state index in [0.29, 0.717) is 24.9 Å². The number of fused-ring (bicyclic) bond motifs is 2. The van der Waals surface area contributed by atoms with Crippen LogP contribution in [0.15, 0.2) is 22.7 Å². The third-order valence-corrected chi connectivity index (χ3v) is 6.00. The molecule has 2 fully saturated rings. The largest absolute Gasteiger partial charge is 0.352 e. The first-order valence-electron chi connectivity index (χ1n) is 8.69. The van der Waals surface area contributed by atoms with E-state index in [0.717, 1.165) is 22.9 Å². The van der Waals surface area contributed by atoms with E-state index in [1.54, 1.807) is 4.90 Å². The number of nitrogens with one attached hydrogen (secondary N) is 1. The zero-order chi connectivity index (χ0) is 18.5. The number of nitrogens with zero attached hydrogens (tertiary/aromatic N) is 1. The molecule has 1 aromatic rings. The van der Waals surface area contributed by atoms with Gasteiger partial charge in [-0.3, -0.25) is 9.59 Å². The molecular formula is C18H19BrF2N2O3. The summed E-state index contributed by atoms with van der Waals surface area (Å²) in [6, 6.07) is 5.50. The van der Waals surface area contributed by atoms with Crippen LogP contribution in [0.5, 0.6) is 0 Å². The monoisotopic (exact) mass is 428 g/mol. The van der Waals surface area contributed by atoms with Crippen molar-refractivity contribution in [1.29, 1.82) is 0 Å². The molecule has 1 aliphatic heterocycles. The Kier molecular flexibility index (Phi) is 4.51. The minimum atomic E-state index is -2.78. The maximum atomic E-state index is 12.7. The van der Waals surface area contributed by atoms with Crippen LogP contribution in [-0.2, 0) is 14.9 Å². The molecule has 3 aliphatic rings. The van der Waals surface area contributed by atoms with Gasteiger partial charge in [-0.1, -0.05) is 15.9 Å². The molecule has 0 saturated heterocycles. The van der Waals surface area contributed by atoms with Crippen molar-refractivity contribution >= 4 is 27.7 Å². The number of hydrogen-bond acceptors (Lipinski definition) is 3. The average molecular weight is 429 g/mol. The van der Waals surface area contributed by atoms with Gasteiger partial charge in [0.1, 0.15) is 0 Å². The highest BCUT2D eigenvalue weighted by Crippen LogP contribution is 2.52. The molecule has 1 heterocycles. The van der Waals surface area contributed by atoms with Crippen molar-refractivity contribution in [2.45, 2.75) is 49.9 Å². The van der Waals surface area contributed by atoms with Crippen LogP contribution >= 0.6 is 15.9 Å². The first kappa shape index (κ1) is 17.9. The zero-order valence-corrected chi connectivity index (χ0v) is 15.6. The van der Waals surface area contributed by atoms with Gasteiger partial charge in [0.2, 0.25) is 5.91 Å². The van der Waals surface area contributed by atoms with E-state index in [2.05, 4.69) is 26.0 Å². The molecule has 2 saturated carbocycles. The van der Waals surface area contributed by atoms with Gasteiger partial charge in [-0.15, -0.1) is 0 Å². The van der Waals surface area contributed by atoms with Crippen molar-refractivity contribution in [2.75, 3.05) is 13.1 Å². The molecule has 1 aromatic carbocycles. The molecule has 0 bridgehead atoms. The summed E-state index contributed by atoms with van der Waals surface area (Å²) in [6.07, 6.45) is 2.28. The fourth-order valence-electron chi connectivity index (χ4n) is 3.93. The summed E-state index contributed by atoms with van der Waals surface area (Å²) in [5.41, 5.74) is 1.71. The number of amides is 2. The Morgan fingerprint density at radius 3 is 2.77 bits per heavy atom. The van der Waals surface area contributed by atoms with Crippen molar-refractivity contribution in [3.8, 4) is 0 Å². The zero-order valence-electron chi connectivity index (χ0n) is 14.0. The molecule has 0 unspecified atom stereocenters. The predicted octanol–water partition coefficient (Wildman–Crippen LogP) is 2.82. The molecule has 4 rings (SSSR count). The summed E-state index contributed by atoms with van der Waals surface area (Å²) in [5, 5.41) is 2.80. The summed E-state index contributed by atoms with van der Waals surface area (Å²) in [7, 11) is 0. The van der Waals surface area contributed by atoms with Gasteiger partial charge in [0, 0.05) is 28.0 Å². The molecule has 0 atom stereocenters. The van der Waals surface area contributed by atoms with Crippen molar-refractivity contribution < 1.29 is 23.1 Å². The SMILES string of the molecule is O=C(CN1CC2(CC2)c2cc(Br)ccc2C1=O)N[C@H]1C[C@H](OC(F)F)C1. The minimum Gasteiger partial charge on any atom is -0.352 e. The van der Waals surface area contributed by atoms with Crippen LogP contribution in [0.1, 0.15) is 41.6 Å². The fourth-order valence-corrected chi connectivity index (χ4v) is 4.29. The summed E-state index contributed by atoms with van der Waals surface area (Å²) in [6.45, 7) is -2.24. The lowest BCUT2D eigenvalue weighted by atomic mass is 9.86. The minimum absolute atomic E-state index is 0.00699. The van der Waals surface area contributed by atoms with Gasteiger partial charge >= 0.3 is 6.61 Å². The number of carbonyl (C=O) groups excluding carboxylic acids is 2. The smallest absolute Gasteiger partial charge is 0.345 e. The topological polar surface area (TPSA) is 58.6 Å². The van der Waals surface area contributed by atoms with Crippen molar-refractivity contribution in [2.24, 2.45) is 0 Å². The fraction of sp³-hybridized carbons (Fsp3) is 0.556. The first-order chi connectivity index (χ1) is 12.4. The van der Waals surface area contributed by atoms with Crippen LogP contribution in [0, 0.1) is 0 Å². The summed E-state index contributed by atoms with van der Waals surface area (Å²) >= 11 is 3.46. The number of carbonyl (C=O) groups is 2. The molecule has 1 spiro atoms. The Morgan fingerprint density at radius 2 is 2.12 bits per heavy atom. The Labute approximate surface area is 158 Å². The third-order valence-electron chi connectivity index (χ3n) is 5.51. The highest BCUT2D eigenvalue weighted by atomic mass is 79.9. The molecule has 2 aliphatic carbocycles. The van der Waals surface area contributed by atoms with Crippen LogP contribution in [0.2, 0.25) is 0 Å². The van der Waals surface area contributed by atoms with E-state index in [9.17, 15) is 18.4 Å². The van der Waals surface area contributed by atoms with Gasteiger partial charge in [-0.25, -0.2) is 0 Å². The van der Waals surface area contributed by atoms with Gasteiger partial charge in [0.25, 0.3) is 5.91 Å². The van der Waals surface area contributed by atoms with E-state index in [-0.39, 0.29) is 29.8 Å². The Morgan fingerprint density at radius 1 is 1.38 bits per heavy atom. The summed E-state index contributed by atoms with van der Waals surface area (Å²) in [5.74, 6) is -0.386. The maximum Gasteiger partial charge on any atom is 0.345 e. The number of alkyl halides is 2. The highest BCUT2D eigenvalue weighted by molar-refractivity contribution is 9.10. The molecule has 26 heavy (non-hydrogen) atoms. The lowest BCUT2D eigenvalue weighted by Gasteiger charge is -2.37. The van der Waals surface area contributed by atoms with Crippen molar-refractivity contribution in [3.63, 3.8) is 0 Å². The summed E-state index contributed by atoms with van der Waals surface area (Å²) < 4.78 is 29.6. The molecule has 8 heteroatoms. The Balaban J connectivity index is 1.37. The van der Waals surface area contributed by atoms with Gasteiger partial charge in [0.05, 0.1) is 12.6 Å². The molecule has 0 aromatic heterocycles. The molecule has 1 N–H and O–H groups in total. The predicted molar refractivity (Wildman–Crippen MR) is 93.0 cm³/mol. The second-order valence-corrected chi connectivity index (χ2v) is 8.30. The van der Waals surface area contributed by atoms with Gasteiger partial charge in [0.15, 0.2) is 0 Å². The van der Waals surface area contributed by atoms with E-state index in [1.807, 2.05) is 18.2 Å². The number of ether oxygens (including phenoxy) is 1. The quantitative estimate of drug-likeness (QED) is 0.784. The van der Waals surface area contributed by atoms with Crippen molar-refractivity contribution in [3.05, 3.63) is 33.8 Å². The van der Waals surface area contributed by atoms with E-state index in [4.69, 9.17) is 0 Å². The van der Waals surface area contributed by atoms with Crippen LogP contribution in [0.4, 0.5) is 8.78 Å². The molecule has 0 radical (unpaired) electrons. The summed E-state index contributed by atoms with van der Waals surface area (Å²) in [4.78, 5) is 26.6. The normalized spacial score (nSPS) is 25.8. The highest BCUT2D eigenvalue weighted by Gasteiger charge is 2.51. The molecule has 2 amide bonds. The second kappa shape index (κ2) is 6.56. The first-order valence-corrected chi connectivity index (χ1v) is 9.48. The van der Waals surface area contributed by atoms with Crippen LogP contribution in [0.25, 0.3) is 0 Å². The lowest BCUT2D eigenvalue weighted by Crippen LogP contribution is -2.53. The number of hydrogen-bond donors (Lipinski definition) is 1. The van der Waals surface area contributed by atoms with E-state index < -0.39 is 12.7 Å². The van der Waals surface area contributed by atoms with E-state index >= 15 is 0 Å². The molecule has 5 nitrogen and oxygen atoms in total. The number of rotatable bonds is 5. The van der Waals surface area contributed by atoms with Gasteiger partial charge < -0.3 is 15.0 Å². The molecular weight excluding hydrogens is 410 g/mol. The van der Waals surface area contributed by atoms with Gasteiger partial charge in [-0.2, -0.15) is 8.78 Å². The van der Waals surface area contributed by atoms with Crippen molar-refractivity contribution in [1.82, 2.24) is 10.2 Å².